The quantitative estimate of drug-likeness (QED) is 0.300. The predicted molar refractivity (Wildman–Crippen MR) is 115 cm³/mol. The number of rotatable bonds is 9. The summed E-state index contributed by atoms with van der Waals surface area (Å²) in [5.74, 6) is 0.890. The first-order valence-electron chi connectivity index (χ1n) is 9.17. The van der Waals surface area contributed by atoms with Crippen molar-refractivity contribution in [2.75, 3.05) is 31.3 Å². The lowest BCUT2D eigenvalue weighted by atomic mass is 10.1. The van der Waals surface area contributed by atoms with Gasteiger partial charge in [0, 0.05) is 30.6 Å². The van der Waals surface area contributed by atoms with E-state index in [0.717, 1.165) is 5.56 Å². The molecule has 5 N–H and O–H groups in total. The molecule has 0 aliphatic rings. The van der Waals surface area contributed by atoms with E-state index in [1.165, 1.54) is 12.1 Å². The van der Waals surface area contributed by atoms with Gasteiger partial charge in [-0.2, -0.15) is 0 Å². The molecule has 0 saturated heterocycles. The minimum atomic E-state index is -3.68. The molecule has 158 valence electrons. The van der Waals surface area contributed by atoms with E-state index in [1.54, 1.807) is 43.6 Å². The number of benzene rings is 2. The third-order valence-electron chi connectivity index (χ3n) is 4.21. The van der Waals surface area contributed by atoms with Gasteiger partial charge in [0.05, 0.1) is 23.4 Å². The van der Waals surface area contributed by atoms with Crippen LogP contribution in [0.25, 0.3) is 11.3 Å². The molecule has 0 bridgehead atoms. The minimum absolute atomic E-state index is 0.0857. The number of nitrogens with one attached hydrogen (secondary N) is 2. The Morgan fingerprint density at radius 1 is 1.17 bits per heavy atom. The van der Waals surface area contributed by atoms with Gasteiger partial charge in [0.1, 0.15) is 5.75 Å². The van der Waals surface area contributed by atoms with Crippen LogP contribution in [0.1, 0.15) is 6.42 Å². The Hall–Kier alpha value is -3.21. The molecule has 0 amide bonds. The first-order valence-corrected chi connectivity index (χ1v) is 10.7. The molecule has 3 aromatic rings. The number of anilines is 3. The van der Waals surface area contributed by atoms with Crippen molar-refractivity contribution in [3.05, 3.63) is 54.7 Å². The average Bonchev–Trinajstić information content (AvgIpc) is 2.74. The second-order valence-electron chi connectivity index (χ2n) is 6.35. The van der Waals surface area contributed by atoms with E-state index in [0.29, 0.717) is 35.2 Å². The largest absolute Gasteiger partial charge is 0.495 e. The molecule has 0 spiro atoms. The molecular formula is C20H23N5O4S. The summed E-state index contributed by atoms with van der Waals surface area (Å²) >= 11 is 0. The summed E-state index contributed by atoms with van der Waals surface area (Å²) in [5.41, 5.74) is 8.43. The molecule has 0 aliphatic heterocycles. The van der Waals surface area contributed by atoms with Gasteiger partial charge in [0.25, 0.3) is 0 Å². The standard InChI is InChI=1S/C20H23N5O4S/c1-29-19-7-6-14(12-17(19)21)18-8-10-22-20(25-18)24-15-4-2-5-16(13-15)30(27,28)23-9-3-11-26/h2,4-8,10,12-13,23,26H,3,9,11,21H2,1H3,(H,22,24,25). The van der Waals surface area contributed by atoms with Crippen LogP contribution in [0.15, 0.2) is 59.6 Å². The van der Waals surface area contributed by atoms with E-state index < -0.39 is 10.0 Å². The number of hydrogen-bond acceptors (Lipinski definition) is 8. The smallest absolute Gasteiger partial charge is 0.240 e. The lowest BCUT2D eigenvalue weighted by Crippen LogP contribution is -2.25. The van der Waals surface area contributed by atoms with Crippen molar-refractivity contribution in [3.8, 4) is 17.0 Å². The average molecular weight is 430 g/mol. The highest BCUT2D eigenvalue weighted by atomic mass is 32.2. The number of aromatic nitrogens is 2. The van der Waals surface area contributed by atoms with Gasteiger partial charge in [-0.3, -0.25) is 0 Å². The number of sulfonamides is 1. The van der Waals surface area contributed by atoms with Crippen molar-refractivity contribution >= 4 is 27.3 Å². The summed E-state index contributed by atoms with van der Waals surface area (Å²) in [7, 11) is -2.13. The Balaban J connectivity index is 1.81. The molecule has 0 unspecified atom stereocenters. The van der Waals surface area contributed by atoms with Crippen LogP contribution in [0.5, 0.6) is 5.75 Å². The number of ether oxygens (including phenoxy) is 1. The highest BCUT2D eigenvalue weighted by Gasteiger charge is 2.14. The molecule has 1 heterocycles. The number of nitrogen functional groups attached to an aromatic ring is 1. The zero-order chi connectivity index (χ0) is 21.6. The molecule has 30 heavy (non-hydrogen) atoms. The fraction of sp³-hybridized carbons (Fsp3) is 0.200. The van der Waals surface area contributed by atoms with Crippen LogP contribution in [0.3, 0.4) is 0 Å². The fourth-order valence-corrected chi connectivity index (χ4v) is 3.83. The molecule has 0 fully saturated rings. The van der Waals surface area contributed by atoms with Gasteiger partial charge in [0.15, 0.2) is 0 Å². The van der Waals surface area contributed by atoms with Crippen molar-refractivity contribution in [1.29, 1.82) is 0 Å². The maximum Gasteiger partial charge on any atom is 0.240 e. The topological polar surface area (TPSA) is 139 Å². The maximum absolute atomic E-state index is 12.4. The van der Waals surface area contributed by atoms with Crippen molar-refractivity contribution in [3.63, 3.8) is 0 Å². The zero-order valence-electron chi connectivity index (χ0n) is 16.4. The molecule has 10 heteroatoms. The molecule has 2 aromatic carbocycles. The first kappa shape index (κ1) is 21.5. The Bertz CT molecular complexity index is 1120. The van der Waals surface area contributed by atoms with Crippen molar-refractivity contribution in [2.24, 2.45) is 0 Å². The van der Waals surface area contributed by atoms with E-state index in [1.807, 2.05) is 6.07 Å². The van der Waals surface area contributed by atoms with Gasteiger partial charge < -0.3 is 20.9 Å². The zero-order valence-corrected chi connectivity index (χ0v) is 17.2. The number of nitrogens with zero attached hydrogens (tertiary/aromatic N) is 2. The van der Waals surface area contributed by atoms with Crippen LogP contribution in [0.4, 0.5) is 17.3 Å². The molecule has 3 rings (SSSR count). The van der Waals surface area contributed by atoms with Crippen molar-refractivity contribution < 1.29 is 18.3 Å². The van der Waals surface area contributed by atoms with Crippen LogP contribution in [-0.2, 0) is 10.0 Å². The second kappa shape index (κ2) is 9.53. The predicted octanol–water partition coefficient (Wildman–Crippen LogP) is 2.14. The summed E-state index contributed by atoms with van der Waals surface area (Å²) in [6.07, 6.45) is 1.94. The normalized spacial score (nSPS) is 11.3. The minimum Gasteiger partial charge on any atom is -0.495 e. The van der Waals surface area contributed by atoms with Gasteiger partial charge in [0.2, 0.25) is 16.0 Å². The van der Waals surface area contributed by atoms with Crippen molar-refractivity contribution in [2.45, 2.75) is 11.3 Å². The molecule has 0 atom stereocenters. The van der Waals surface area contributed by atoms with Gasteiger partial charge in [-0.25, -0.2) is 23.1 Å². The van der Waals surface area contributed by atoms with E-state index in [9.17, 15) is 8.42 Å². The molecule has 0 radical (unpaired) electrons. The molecule has 1 aromatic heterocycles. The lowest BCUT2D eigenvalue weighted by Gasteiger charge is -2.10. The van der Waals surface area contributed by atoms with E-state index in [-0.39, 0.29) is 18.0 Å². The third kappa shape index (κ3) is 5.23. The van der Waals surface area contributed by atoms with Crippen LogP contribution in [0, 0.1) is 0 Å². The summed E-state index contributed by atoms with van der Waals surface area (Å²) in [5, 5.41) is 11.8. The SMILES string of the molecule is COc1ccc(-c2ccnc(Nc3cccc(S(=O)(=O)NCCCO)c3)n2)cc1N. The number of aliphatic hydroxyl groups is 1. The van der Waals surface area contributed by atoms with Crippen LogP contribution >= 0.6 is 0 Å². The molecule has 0 aliphatic carbocycles. The van der Waals surface area contributed by atoms with Crippen molar-refractivity contribution in [1.82, 2.24) is 14.7 Å². The molecule has 9 nitrogen and oxygen atoms in total. The summed E-state index contributed by atoms with van der Waals surface area (Å²) in [4.78, 5) is 8.78. The van der Waals surface area contributed by atoms with Gasteiger partial charge in [-0.15, -0.1) is 0 Å². The number of methoxy groups -OCH3 is 1. The van der Waals surface area contributed by atoms with E-state index in [2.05, 4.69) is 20.0 Å². The van der Waals surface area contributed by atoms with Crippen LogP contribution in [0.2, 0.25) is 0 Å². The summed E-state index contributed by atoms with van der Waals surface area (Å²) < 4.78 is 32.3. The Morgan fingerprint density at radius 2 is 2.00 bits per heavy atom. The second-order valence-corrected chi connectivity index (χ2v) is 8.12. The van der Waals surface area contributed by atoms with Gasteiger partial charge >= 0.3 is 0 Å². The van der Waals surface area contributed by atoms with E-state index in [4.69, 9.17) is 15.6 Å². The maximum atomic E-state index is 12.4. The number of nitrogens with two attached hydrogens (primary N) is 1. The van der Waals surface area contributed by atoms with Crippen LogP contribution < -0.4 is 20.5 Å². The molecular weight excluding hydrogens is 406 g/mol. The van der Waals surface area contributed by atoms with Gasteiger partial charge in [-0.05, 0) is 48.9 Å². The Labute approximate surface area is 175 Å². The summed E-state index contributed by atoms with van der Waals surface area (Å²) in [6.45, 7) is 0.0737. The number of hydrogen-bond donors (Lipinski definition) is 4. The Morgan fingerprint density at radius 3 is 2.73 bits per heavy atom. The Kier molecular flexibility index (Phi) is 6.83. The first-order chi connectivity index (χ1) is 14.4. The number of aliphatic hydroxyl groups excluding tert-OH is 1. The van der Waals surface area contributed by atoms with E-state index >= 15 is 0 Å². The third-order valence-corrected chi connectivity index (χ3v) is 5.67. The molecule has 0 saturated carbocycles. The van der Waals surface area contributed by atoms with Crippen LogP contribution in [-0.4, -0.2) is 43.8 Å². The monoisotopic (exact) mass is 429 g/mol. The fourth-order valence-electron chi connectivity index (χ4n) is 2.71. The van der Waals surface area contributed by atoms with Gasteiger partial charge in [-0.1, -0.05) is 6.07 Å². The summed E-state index contributed by atoms with van der Waals surface area (Å²) in [6, 6.07) is 13.4. The highest BCUT2D eigenvalue weighted by Crippen LogP contribution is 2.28. The highest BCUT2D eigenvalue weighted by molar-refractivity contribution is 7.89. The lowest BCUT2D eigenvalue weighted by molar-refractivity contribution is 0.289.